The van der Waals surface area contributed by atoms with E-state index in [2.05, 4.69) is 25.0 Å². The van der Waals surface area contributed by atoms with Crippen LogP contribution >= 0.6 is 19.2 Å². The third kappa shape index (κ3) is 4.38. The zero-order valence-electron chi connectivity index (χ0n) is 14.9. The highest BCUT2D eigenvalue weighted by molar-refractivity contribution is 7.52. The number of aliphatic hydroxyl groups excluding tert-OH is 2. The Morgan fingerprint density at radius 1 is 1.37 bits per heavy atom. The molecule has 1 aliphatic rings. The number of ether oxygens (including phenoxy) is 2. The Bertz CT molecular complexity index is 972. The average molecular weight is 478 g/mol. The van der Waals surface area contributed by atoms with E-state index in [0.29, 0.717) is 0 Å². The lowest BCUT2D eigenvalue weighted by Crippen LogP contribution is -2.38. The first-order valence-electron chi connectivity index (χ1n) is 8.17. The van der Waals surface area contributed by atoms with Gasteiger partial charge in [-0.15, -0.1) is 0 Å². The maximum atomic E-state index is 12.8. The lowest BCUT2D eigenvalue weighted by Gasteiger charge is -2.23. The molecule has 1 saturated heterocycles. The largest absolute Gasteiger partial charge is 0.426 e. The zero-order valence-corrected chi connectivity index (χ0v) is 16.6. The second kappa shape index (κ2) is 8.16. The molecule has 168 valence electrons. The van der Waals surface area contributed by atoms with Crippen LogP contribution in [0.5, 0.6) is 0 Å². The SMILES string of the molecule is CNc1nc(Cl)nc2c1ncn2[C@@H]1O[C@H](COC(C(F)(F)F)P(=O)(O)O)[C@@H](O)[C@H]1O. The highest BCUT2D eigenvalue weighted by Crippen LogP contribution is 2.50. The first kappa shape index (κ1) is 23.1. The van der Waals surface area contributed by atoms with Crippen LogP contribution in [0.2, 0.25) is 5.28 Å². The van der Waals surface area contributed by atoms with E-state index in [9.17, 15) is 27.9 Å². The summed E-state index contributed by atoms with van der Waals surface area (Å²) in [6.07, 6.45) is -10.5. The molecule has 0 bridgehead atoms. The second-order valence-electron chi connectivity index (χ2n) is 6.28. The molecule has 5 N–H and O–H groups in total. The van der Waals surface area contributed by atoms with E-state index < -0.39 is 50.8 Å². The van der Waals surface area contributed by atoms with Gasteiger partial charge in [0.2, 0.25) is 5.28 Å². The van der Waals surface area contributed by atoms with Gasteiger partial charge in [-0.3, -0.25) is 9.13 Å². The summed E-state index contributed by atoms with van der Waals surface area (Å²) in [5.74, 6) is -3.15. The Balaban J connectivity index is 1.83. The quantitative estimate of drug-likeness (QED) is 0.284. The van der Waals surface area contributed by atoms with Crippen LogP contribution in [-0.4, -0.2) is 83.5 Å². The molecule has 1 fully saturated rings. The molecule has 0 aromatic carbocycles. The standard InChI is InChI=1S/C13H16ClF3N5O7P/c1-18-8-5-9(21-12(14)20-8)22(3-19-5)10-7(24)6(23)4(29-10)2-28-11(13(15,16)17)30(25,26)27/h3-4,6-7,10-11,23-24H,2H2,1H3,(H,18,20,21)(H2,25,26,27)/t4-,6-,7-,10-,11?/m1/s1. The van der Waals surface area contributed by atoms with Gasteiger partial charge in [-0.25, -0.2) is 4.98 Å². The van der Waals surface area contributed by atoms with Crippen molar-refractivity contribution in [2.24, 2.45) is 0 Å². The number of fused-ring (bicyclic) bond motifs is 1. The molecule has 1 aliphatic heterocycles. The number of hydrogen-bond donors (Lipinski definition) is 5. The molecule has 3 heterocycles. The van der Waals surface area contributed by atoms with Crippen molar-refractivity contribution in [2.75, 3.05) is 19.0 Å². The van der Waals surface area contributed by atoms with Crippen LogP contribution in [0.15, 0.2) is 6.33 Å². The summed E-state index contributed by atoms with van der Waals surface area (Å²) in [6.45, 7) is -1.06. The summed E-state index contributed by atoms with van der Waals surface area (Å²) in [6, 6.07) is 0. The van der Waals surface area contributed by atoms with Gasteiger partial charge in [-0.2, -0.15) is 23.1 Å². The molecule has 0 amide bonds. The van der Waals surface area contributed by atoms with Gasteiger partial charge in [0.25, 0.3) is 5.85 Å². The number of hydrogen-bond acceptors (Lipinski definition) is 9. The van der Waals surface area contributed by atoms with E-state index in [4.69, 9.17) is 26.1 Å². The Hall–Kier alpha value is -1.58. The van der Waals surface area contributed by atoms with Crippen molar-refractivity contribution in [1.82, 2.24) is 19.5 Å². The van der Waals surface area contributed by atoms with Crippen molar-refractivity contribution in [3.8, 4) is 0 Å². The zero-order chi connectivity index (χ0) is 22.4. The molecular formula is C13H16ClF3N5O7P. The number of aliphatic hydroxyl groups is 2. The minimum absolute atomic E-state index is 0.0977. The first-order chi connectivity index (χ1) is 13.8. The van der Waals surface area contributed by atoms with E-state index in [1.54, 1.807) is 7.05 Å². The fourth-order valence-corrected chi connectivity index (χ4v) is 3.74. The predicted octanol–water partition coefficient (Wildman–Crippen LogP) is 0.223. The number of nitrogens with zero attached hydrogens (tertiary/aromatic N) is 4. The Kier molecular flexibility index (Phi) is 6.28. The van der Waals surface area contributed by atoms with Crippen LogP contribution in [0.3, 0.4) is 0 Å². The normalized spacial score (nSPS) is 26.3. The van der Waals surface area contributed by atoms with Crippen molar-refractivity contribution in [3.63, 3.8) is 0 Å². The van der Waals surface area contributed by atoms with E-state index in [0.717, 1.165) is 0 Å². The molecule has 0 saturated carbocycles. The van der Waals surface area contributed by atoms with Crippen molar-refractivity contribution in [2.45, 2.75) is 36.6 Å². The maximum Gasteiger partial charge on any atom is 0.426 e. The van der Waals surface area contributed by atoms with E-state index in [-0.39, 0.29) is 22.3 Å². The van der Waals surface area contributed by atoms with E-state index >= 15 is 0 Å². The van der Waals surface area contributed by atoms with Gasteiger partial charge in [0, 0.05) is 7.05 Å². The smallest absolute Gasteiger partial charge is 0.387 e. The van der Waals surface area contributed by atoms with Gasteiger partial charge < -0.3 is 34.8 Å². The molecule has 2 aromatic rings. The molecule has 17 heteroatoms. The van der Waals surface area contributed by atoms with Crippen LogP contribution in [-0.2, 0) is 14.0 Å². The highest BCUT2D eigenvalue weighted by Gasteiger charge is 2.53. The molecule has 12 nitrogen and oxygen atoms in total. The second-order valence-corrected chi connectivity index (χ2v) is 8.26. The number of nitrogens with one attached hydrogen (secondary N) is 1. The lowest BCUT2D eigenvalue weighted by atomic mass is 10.1. The molecule has 30 heavy (non-hydrogen) atoms. The summed E-state index contributed by atoms with van der Waals surface area (Å²) in [5, 5.41) is 23.0. The predicted molar refractivity (Wildman–Crippen MR) is 93.6 cm³/mol. The van der Waals surface area contributed by atoms with Crippen molar-refractivity contribution < 1.29 is 47.2 Å². The summed E-state index contributed by atoms with van der Waals surface area (Å²) < 4.78 is 60.4. The number of anilines is 1. The van der Waals surface area contributed by atoms with Gasteiger partial charge >= 0.3 is 13.8 Å². The minimum Gasteiger partial charge on any atom is -0.387 e. The van der Waals surface area contributed by atoms with Gasteiger partial charge in [0.05, 0.1) is 12.9 Å². The fourth-order valence-electron chi connectivity index (χ4n) is 2.92. The van der Waals surface area contributed by atoms with Gasteiger partial charge in [0.1, 0.15) is 18.3 Å². The van der Waals surface area contributed by atoms with Crippen molar-refractivity contribution in [1.29, 1.82) is 0 Å². The summed E-state index contributed by atoms with van der Waals surface area (Å²) in [7, 11) is -4.15. The number of imidazole rings is 1. The first-order valence-corrected chi connectivity index (χ1v) is 10.2. The maximum absolute atomic E-state index is 12.8. The number of alkyl halides is 3. The van der Waals surface area contributed by atoms with E-state index in [1.165, 1.54) is 10.9 Å². The number of aromatic nitrogens is 4. The van der Waals surface area contributed by atoms with Gasteiger partial charge in [-0.05, 0) is 11.6 Å². The topological polar surface area (TPSA) is 172 Å². The van der Waals surface area contributed by atoms with Crippen LogP contribution in [0.1, 0.15) is 6.23 Å². The molecule has 0 aliphatic carbocycles. The van der Waals surface area contributed by atoms with Crippen LogP contribution in [0, 0.1) is 0 Å². The summed E-state index contributed by atoms with van der Waals surface area (Å²) >= 11 is 5.85. The molecular weight excluding hydrogens is 462 g/mol. The Morgan fingerprint density at radius 3 is 2.60 bits per heavy atom. The minimum atomic E-state index is -5.70. The molecule has 0 spiro atoms. The monoisotopic (exact) mass is 477 g/mol. The average Bonchev–Trinajstić information content (AvgIpc) is 3.14. The summed E-state index contributed by atoms with van der Waals surface area (Å²) in [4.78, 5) is 29.7. The van der Waals surface area contributed by atoms with Gasteiger partial charge in [-0.1, -0.05) is 0 Å². The van der Waals surface area contributed by atoms with Crippen LogP contribution in [0.4, 0.5) is 19.0 Å². The molecule has 3 rings (SSSR count). The van der Waals surface area contributed by atoms with Crippen molar-refractivity contribution in [3.05, 3.63) is 11.6 Å². The van der Waals surface area contributed by atoms with Crippen LogP contribution in [0.25, 0.3) is 11.2 Å². The third-order valence-corrected chi connectivity index (χ3v) is 5.47. The molecule has 2 aromatic heterocycles. The number of rotatable bonds is 6. The Labute approximate surface area is 170 Å². The molecule has 5 atom stereocenters. The summed E-state index contributed by atoms with van der Waals surface area (Å²) in [5.41, 5.74) is 0.339. The number of halogens is 4. The van der Waals surface area contributed by atoms with Crippen molar-refractivity contribution >= 4 is 36.2 Å². The third-order valence-electron chi connectivity index (χ3n) is 4.25. The van der Waals surface area contributed by atoms with E-state index in [1.807, 2.05) is 0 Å². The Morgan fingerprint density at radius 2 is 2.03 bits per heavy atom. The van der Waals surface area contributed by atoms with Gasteiger partial charge in [0.15, 0.2) is 23.2 Å². The molecule has 1 unspecified atom stereocenters. The van der Waals surface area contributed by atoms with Crippen LogP contribution < -0.4 is 5.32 Å². The fraction of sp³-hybridized carbons (Fsp3) is 0.615. The lowest BCUT2D eigenvalue weighted by molar-refractivity contribution is -0.206. The molecule has 0 radical (unpaired) electrons. The highest BCUT2D eigenvalue weighted by atomic mass is 35.5.